The van der Waals surface area contributed by atoms with E-state index < -0.39 is 0 Å². The van der Waals surface area contributed by atoms with E-state index in [0.717, 1.165) is 32.7 Å². The van der Waals surface area contributed by atoms with Crippen LogP contribution >= 0.6 is 23.2 Å². The normalized spacial score (nSPS) is 18.5. The molecule has 0 atom stereocenters. The van der Waals surface area contributed by atoms with E-state index in [4.69, 9.17) is 23.2 Å². The molecule has 0 N–H and O–H groups in total. The quantitative estimate of drug-likeness (QED) is 0.846. The van der Waals surface area contributed by atoms with Crippen LogP contribution in [-0.2, 0) is 6.54 Å². The summed E-state index contributed by atoms with van der Waals surface area (Å²) in [5, 5.41) is 5.87. The number of nitrogens with zero attached hydrogens (tertiary/aromatic N) is 3. The molecule has 0 saturated carbocycles. The number of rotatable bonds is 3. The maximum atomic E-state index is 6.03. The first-order chi connectivity index (χ1) is 8.56. The van der Waals surface area contributed by atoms with E-state index in [1.165, 1.54) is 5.56 Å². The Balaban J connectivity index is 1.94. The summed E-state index contributed by atoms with van der Waals surface area (Å²) in [5.41, 5.74) is 1.19. The Bertz CT molecular complexity index is 403. The van der Waals surface area contributed by atoms with Gasteiger partial charge < -0.3 is 4.90 Å². The molecular formula is C13H19Cl2N3. The number of halogens is 2. The molecule has 0 spiro atoms. The van der Waals surface area contributed by atoms with Gasteiger partial charge in [0.25, 0.3) is 0 Å². The molecular weight excluding hydrogens is 269 g/mol. The van der Waals surface area contributed by atoms with Crippen LogP contribution in [0.2, 0.25) is 10.0 Å². The van der Waals surface area contributed by atoms with Crippen molar-refractivity contribution >= 4 is 23.2 Å². The lowest BCUT2D eigenvalue weighted by molar-refractivity contribution is -0.0395. The van der Waals surface area contributed by atoms with Gasteiger partial charge in [0.15, 0.2) is 0 Å². The molecule has 0 radical (unpaired) electrons. The van der Waals surface area contributed by atoms with Gasteiger partial charge in [-0.2, -0.15) is 0 Å². The average molecular weight is 288 g/mol. The van der Waals surface area contributed by atoms with Gasteiger partial charge in [-0.05, 0) is 24.7 Å². The lowest BCUT2D eigenvalue weighted by Crippen LogP contribution is -2.51. The minimum Gasteiger partial charge on any atom is -0.304 e. The standard InChI is InChI=1S/C13H19Cl2N3/c1-16-5-7-18(8-6-16)17(2)10-11-3-4-12(14)13(15)9-11/h3-4,9H,5-8,10H2,1-2H3. The van der Waals surface area contributed by atoms with Gasteiger partial charge in [-0.1, -0.05) is 29.3 Å². The largest absolute Gasteiger partial charge is 0.304 e. The summed E-state index contributed by atoms with van der Waals surface area (Å²) in [6, 6.07) is 5.83. The Morgan fingerprint density at radius 2 is 1.78 bits per heavy atom. The number of piperazine rings is 1. The van der Waals surface area contributed by atoms with Gasteiger partial charge in [0.1, 0.15) is 0 Å². The van der Waals surface area contributed by atoms with Gasteiger partial charge in [-0.3, -0.25) is 0 Å². The summed E-state index contributed by atoms with van der Waals surface area (Å²) in [6.45, 7) is 5.25. The molecule has 3 nitrogen and oxygen atoms in total. The van der Waals surface area contributed by atoms with Crippen LogP contribution in [0.25, 0.3) is 0 Å². The van der Waals surface area contributed by atoms with Crippen molar-refractivity contribution in [2.45, 2.75) is 6.54 Å². The zero-order valence-electron chi connectivity index (χ0n) is 10.9. The van der Waals surface area contributed by atoms with E-state index >= 15 is 0 Å². The second kappa shape index (κ2) is 6.22. The smallest absolute Gasteiger partial charge is 0.0595 e. The first-order valence-corrected chi connectivity index (χ1v) is 6.90. The third-order valence-electron chi connectivity index (χ3n) is 3.36. The van der Waals surface area contributed by atoms with Crippen molar-refractivity contribution in [1.29, 1.82) is 0 Å². The van der Waals surface area contributed by atoms with Crippen molar-refractivity contribution in [3.05, 3.63) is 33.8 Å². The second-order valence-corrected chi connectivity index (χ2v) is 5.64. The molecule has 1 fully saturated rings. The third-order valence-corrected chi connectivity index (χ3v) is 4.10. The Kier molecular flexibility index (Phi) is 4.87. The van der Waals surface area contributed by atoms with Crippen LogP contribution in [-0.4, -0.2) is 55.2 Å². The summed E-state index contributed by atoms with van der Waals surface area (Å²) >= 11 is 12.0. The first kappa shape index (κ1) is 14.1. The lowest BCUT2D eigenvalue weighted by Gasteiger charge is -2.38. The Morgan fingerprint density at radius 3 is 2.39 bits per heavy atom. The van der Waals surface area contributed by atoms with Crippen LogP contribution in [0.15, 0.2) is 18.2 Å². The molecule has 1 aliphatic heterocycles. The van der Waals surface area contributed by atoms with Crippen LogP contribution in [0.5, 0.6) is 0 Å². The van der Waals surface area contributed by atoms with Crippen molar-refractivity contribution in [3.8, 4) is 0 Å². The first-order valence-electron chi connectivity index (χ1n) is 6.15. The maximum absolute atomic E-state index is 6.03. The highest BCUT2D eigenvalue weighted by Crippen LogP contribution is 2.23. The van der Waals surface area contributed by atoms with Crippen molar-refractivity contribution in [3.63, 3.8) is 0 Å². The number of hydrazine groups is 1. The average Bonchev–Trinajstić information content (AvgIpc) is 2.34. The molecule has 0 aromatic heterocycles. The summed E-state index contributed by atoms with van der Waals surface area (Å²) in [4.78, 5) is 2.35. The highest BCUT2D eigenvalue weighted by Gasteiger charge is 2.17. The van der Waals surface area contributed by atoms with E-state index in [9.17, 15) is 0 Å². The van der Waals surface area contributed by atoms with Crippen LogP contribution in [0, 0.1) is 0 Å². The summed E-state index contributed by atoms with van der Waals surface area (Å²) in [6.07, 6.45) is 0. The monoisotopic (exact) mass is 287 g/mol. The Morgan fingerprint density at radius 1 is 1.11 bits per heavy atom. The molecule has 0 amide bonds. The van der Waals surface area contributed by atoms with E-state index in [1.807, 2.05) is 18.2 Å². The SMILES string of the molecule is CN1CCN(N(C)Cc2ccc(Cl)c(Cl)c2)CC1. The minimum absolute atomic E-state index is 0.614. The second-order valence-electron chi connectivity index (χ2n) is 4.82. The summed E-state index contributed by atoms with van der Waals surface area (Å²) in [5.74, 6) is 0. The third kappa shape index (κ3) is 3.59. The van der Waals surface area contributed by atoms with Gasteiger partial charge in [0.05, 0.1) is 10.0 Å². The van der Waals surface area contributed by atoms with Crippen molar-refractivity contribution in [2.75, 3.05) is 40.3 Å². The molecule has 1 aromatic rings. The molecule has 1 aliphatic rings. The molecule has 1 aromatic carbocycles. The van der Waals surface area contributed by atoms with E-state index in [0.29, 0.717) is 10.0 Å². The minimum atomic E-state index is 0.614. The van der Waals surface area contributed by atoms with Crippen LogP contribution in [0.3, 0.4) is 0 Å². The molecule has 2 rings (SSSR count). The molecule has 5 heteroatoms. The molecule has 0 unspecified atom stereocenters. The van der Waals surface area contributed by atoms with Crippen molar-refractivity contribution in [2.24, 2.45) is 0 Å². The predicted octanol–water partition coefficient (Wildman–Crippen LogP) is 2.59. The topological polar surface area (TPSA) is 9.72 Å². The van der Waals surface area contributed by atoms with Gasteiger partial charge in [-0.25, -0.2) is 10.0 Å². The predicted molar refractivity (Wildman–Crippen MR) is 77.0 cm³/mol. The van der Waals surface area contributed by atoms with Crippen molar-refractivity contribution in [1.82, 2.24) is 14.9 Å². The van der Waals surface area contributed by atoms with E-state index in [2.05, 4.69) is 29.0 Å². The van der Waals surface area contributed by atoms with Gasteiger partial charge in [0.2, 0.25) is 0 Å². The van der Waals surface area contributed by atoms with E-state index in [1.54, 1.807) is 0 Å². The fourth-order valence-corrected chi connectivity index (χ4v) is 2.46. The Labute approximate surface area is 119 Å². The summed E-state index contributed by atoms with van der Waals surface area (Å²) in [7, 11) is 4.28. The molecule has 1 heterocycles. The fraction of sp³-hybridized carbons (Fsp3) is 0.538. The molecule has 18 heavy (non-hydrogen) atoms. The van der Waals surface area contributed by atoms with Gasteiger partial charge in [0, 0.05) is 39.8 Å². The fourth-order valence-electron chi connectivity index (χ4n) is 2.14. The van der Waals surface area contributed by atoms with E-state index in [-0.39, 0.29) is 0 Å². The Hall–Kier alpha value is -0.320. The lowest BCUT2D eigenvalue weighted by atomic mass is 10.2. The number of hydrogen-bond acceptors (Lipinski definition) is 3. The molecule has 100 valence electrons. The number of likely N-dealkylation sites (N-methyl/N-ethyl adjacent to an activating group) is 1. The summed E-state index contributed by atoms with van der Waals surface area (Å²) < 4.78 is 0. The number of hydrogen-bond donors (Lipinski definition) is 0. The maximum Gasteiger partial charge on any atom is 0.0595 e. The van der Waals surface area contributed by atoms with Crippen LogP contribution in [0.1, 0.15) is 5.56 Å². The van der Waals surface area contributed by atoms with Crippen LogP contribution < -0.4 is 0 Å². The molecule has 0 aliphatic carbocycles. The zero-order valence-corrected chi connectivity index (χ0v) is 12.4. The molecule has 0 bridgehead atoms. The molecule has 1 saturated heterocycles. The van der Waals surface area contributed by atoms with Gasteiger partial charge >= 0.3 is 0 Å². The van der Waals surface area contributed by atoms with Crippen molar-refractivity contribution < 1.29 is 0 Å². The van der Waals surface area contributed by atoms with Gasteiger partial charge in [-0.15, -0.1) is 0 Å². The highest BCUT2D eigenvalue weighted by molar-refractivity contribution is 6.42. The number of benzene rings is 1. The van der Waals surface area contributed by atoms with Crippen LogP contribution in [0.4, 0.5) is 0 Å². The zero-order chi connectivity index (χ0) is 13.1. The highest BCUT2D eigenvalue weighted by atomic mass is 35.5.